The maximum Gasteiger partial charge on any atom is 0.323 e. The summed E-state index contributed by atoms with van der Waals surface area (Å²) in [5.74, 6) is -1.26. The van der Waals surface area contributed by atoms with E-state index in [4.69, 9.17) is 19.9 Å². The molecule has 2 aromatic rings. The highest BCUT2D eigenvalue weighted by Crippen LogP contribution is 2.37. The molecule has 0 aliphatic rings. The first kappa shape index (κ1) is 29.6. The van der Waals surface area contributed by atoms with E-state index in [-0.39, 0.29) is 30.9 Å². The quantitative estimate of drug-likeness (QED) is 0.241. The van der Waals surface area contributed by atoms with Gasteiger partial charge in [-0.15, -0.1) is 0 Å². The summed E-state index contributed by atoms with van der Waals surface area (Å²) in [4.78, 5) is 36.9. The van der Waals surface area contributed by atoms with Gasteiger partial charge in [0.1, 0.15) is 24.2 Å². The molecule has 4 atom stereocenters. The molecule has 0 amide bonds. The summed E-state index contributed by atoms with van der Waals surface area (Å²) in [5.41, 5.74) is 6.88. The van der Waals surface area contributed by atoms with Gasteiger partial charge in [-0.3, -0.25) is 19.2 Å². The van der Waals surface area contributed by atoms with E-state index in [1.54, 1.807) is 59.4 Å². The Morgan fingerprint density at radius 2 is 1.67 bits per heavy atom. The number of nitrogens with one attached hydrogen (secondary N) is 2. The number of fused-ring (bicyclic) bond motifs is 1. The number of ether oxygens (including phenoxy) is 3. The molecule has 0 bridgehead atoms. The minimum absolute atomic E-state index is 0.0574. The molecule has 0 aliphatic carbocycles. The Morgan fingerprint density at radius 1 is 1.03 bits per heavy atom. The lowest BCUT2D eigenvalue weighted by Crippen LogP contribution is -2.40. The van der Waals surface area contributed by atoms with E-state index in [1.807, 2.05) is 0 Å². The highest BCUT2D eigenvalue weighted by molar-refractivity contribution is 7.59. The van der Waals surface area contributed by atoms with E-state index in [9.17, 15) is 14.2 Å². The fourth-order valence-corrected chi connectivity index (χ4v) is 5.16. The van der Waals surface area contributed by atoms with Crippen LogP contribution in [-0.2, 0) is 34.9 Å². The lowest BCUT2D eigenvalue weighted by Gasteiger charge is -2.27. The van der Waals surface area contributed by atoms with Crippen molar-refractivity contribution in [2.45, 2.75) is 79.4 Å². The molecule has 0 saturated heterocycles. The van der Waals surface area contributed by atoms with Gasteiger partial charge in [0.2, 0.25) is 7.44 Å². The largest absolute Gasteiger partial charge is 0.463 e. The molecule has 0 aromatic carbocycles. The Labute approximate surface area is 211 Å². The van der Waals surface area contributed by atoms with E-state index < -0.39 is 37.4 Å². The molecule has 4 N–H and O–H groups in total. The van der Waals surface area contributed by atoms with Gasteiger partial charge in [0.15, 0.2) is 11.5 Å². The zero-order chi connectivity index (χ0) is 27.0. The minimum atomic E-state index is -3.50. The van der Waals surface area contributed by atoms with E-state index in [2.05, 4.69) is 25.1 Å². The molecular formula is C22H38N7O6P. The fraction of sp³-hybridized carbons (Fsp3) is 0.682. The summed E-state index contributed by atoms with van der Waals surface area (Å²) in [6.07, 6.45) is 1.70. The number of imidazole rings is 1. The van der Waals surface area contributed by atoms with Crippen LogP contribution in [0.1, 0.15) is 48.5 Å². The number of anilines is 1. The smallest absolute Gasteiger partial charge is 0.323 e. The highest BCUT2D eigenvalue weighted by atomic mass is 31.2. The van der Waals surface area contributed by atoms with Crippen molar-refractivity contribution in [1.82, 2.24) is 29.7 Å². The summed E-state index contributed by atoms with van der Waals surface area (Å²) >= 11 is 0. The number of aromatic nitrogens is 4. The molecule has 13 nitrogen and oxygen atoms in total. The van der Waals surface area contributed by atoms with Crippen molar-refractivity contribution in [1.29, 1.82) is 0 Å². The Kier molecular flexibility index (Phi) is 10.8. The van der Waals surface area contributed by atoms with Gasteiger partial charge >= 0.3 is 11.9 Å². The number of rotatable bonds is 14. The van der Waals surface area contributed by atoms with Gasteiger partial charge in [0.25, 0.3) is 0 Å². The summed E-state index contributed by atoms with van der Waals surface area (Å²) in [7, 11) is -3.50. The summed E-state index contributed by atoms with van der Waals surface area (Å²) in [6, 6.07) is -0.875. The number of nitrogens with zero attached hydrogens (tertiary/aromatic N) is 4. The summed E-state index contributed by atoms with van der Waals surface area (Å²) in [5, 5.41) is 5.72. The third kappa shape index (κ3) is 8.81. The van der Waals surface area contributed by atoms with Crippen LogP contribution < -0.4 is 15.9 Å². The molecule has 0 saturated carbocycles. The van der Waals surface area contributed by atoms with Gasteiger partial charge in [-0.1, -0.05) is 6.92 Å². The normalized spacial score (nSPS) is 16.0. The Hall–Kier alpha value is -2.60. The van der Waals surface area contributed by atoms with Crippen LogP contribution in [0.3, 0.4) is 0 Å². The molecule has 0 spiro atoms. The molecule has 2 heterocycles. The third-order valence-electron chi connectivity index (χ3n) is 4.94. The number of esters is 2. The molecule has 36 heavy (non-hydrogen) atoms. The SMILES string of the molecule is CC(C)OC(=O)[C@H](C)CNP(=O)(CO[C@H](C)Cn1cnc2c(N)ncnc21)N[C@H](C)C(=O)OC(C)C. The van der Waals surface area contributed by atoms with Gasteiger partial charge in [-0.2, -0.15) is 0 Å². The maximum atomic E-state index is 13.8. The maximum absolute atomic E-state index is 13.8. The summed E-state index contributed by atoms with van der Waals surface area (Å²) < 4.78 is 31.9. The van der Waals surface area contributed by atoms with Gasteiger partial charge in [0, 0.05) is 6.54 Å². The molecule has 2 rings (SSSR count). The van der Waals surface area contributed by atoms with Crippen molar-refractivity contribution in [2.24, 2.45) is 5.92 Å². The van der Waals surface area contributed by atoms with Gasteiger partial charge in [0.05, 0.1) is 37.1 Å². The molecule has 2 aromatic heterocycles. The number of hydrogen-bond acceptors (Lipinski definition) is 10. The van der Waals surface area contributed by atoms with Crippen molar-refractivity contribution in [3.63, 3.8) is 0 Å². The van der Waals surface area contributed by atoms with Crippen molar-refractivity contribution in [2.75, 3.05) is 18.6 Å². The summed E-state index contributed by atoms with van der Waals surface area (Å²) in [6.45, 7) is 12.4. The van der Waals surface area contributed by atoms with Gasteiger partial charge in [-0.05, 0) is 41.5 Å². The Morgan fingerprint density at radius 3 is 2.31 bits per heavy atom. The molecular weight excluding hydrogens is 489 g/mol. The highest BCUT2D eigenvalue weighted by Gasteiger charge is 2.31. The van der Waals surface area contributed by atoms with Crippen molar-refractivity contribution < 1.29 is 28.4 Å². The van der Waals surface area contributed by atoms with Gasteiger partial charge in [-0.25, -0.2) is 20.0 Å². The van der Waals surface area contributed by atoms with Crippen LogP contribution in [0.4, 0.5) is 5.82 Å². The molecule has 1 unspecified atom stereocenters. The predicted molar refractivity (Wildman–Crippen MR) is 135 cm³/mol. The average Bonchev–Trinajstić information content (AvgIpc) is 3.19. The molecule has 0 aliphatic heterocycles. The molecule has 14 heteroatoms. The average molecular weight is 528 g/mol. The zero-order valence-electron chi connectivity index (χ0n) is 21.9. The standard InChI is InChI=1S/C22H38N7O6P/c1-13(2)34-21(30)15(5)8-27-36(32,28-17(7)22(31)35-14(3)4)12-33-16(6)9-29-11-26-18-19(23)24-10-25-20(18)29/h10-11,13-17H,8-9,12H2,1-7H3,(H2,23,24,25)(H2,27,28,32)/t15-,16-,17-,36?/m1/s1. The number of nitrogen functional groups attached to an aromatic ring is 1. The second-order valence-electron chi connectivity index (χ2n) is 9.26. The zero-order valence-corrected chi connectivity index (χ0v) is 22.8. The van der Waals surface area contributed by atoms with Crippen molar-refractivity contribution >= 4 is 36.4 Å². The van der Waals surface area contributed by atoms with E-state index in [1.165, 1.54) is 6.33 Å². The van der Waals surface area contributed by atoms with E-state index in [0.29, 0.717) is 17.7 Å². The molecule has 202 valence electrons. The minimum Gasteiger partial charge on any atom is -0.463 e. The van der Waals surface area contributed by atoms with Crippen molar-refractivity contribution in [3.8, 4) is 0 Å². The van der Waals surface area contributed by atoms with Crippen LogP contribution in [0, 0.1) is 5.92 Å². The monoisotopic (exact) mass is 527 g/mol. The second kappa shape index (κ2) is 13.1. The topological polar surface area (TPSA) is 173 Å². The van der Waals surface area contributed by atoms with Crippen molar-refractivity contribution in [3.05, 3.63) is 12.7 Å². The first-order valence-corrected chi connectivity index (χ1v) is 13.8. The van der Waals surface area contributed by atoms with Crippen LogP contribution in [0.15, 0.2) is 12.7 Å². The van der Waals surface area contributed by atoms with Gasteiger partial charge < -0.3 is 24.5 Å². The fourth-order valence-electron chi connectivity index (χ4n) is 3.14. The van der Waals surface area contributed by atoms with Crippen LogP contribution in [0.5, 0.6) is 0 Å². The first-order chi connectivity index (χ1) is 16.8. The lowest BCUT2D eigenvalue weighted by atomic mass is 10.2. The van der Waals surface area contributed by atoms with Crippen LogP contribution in [0.2, 0.25) is 0 Å². The second-order valence-corrected chi connectivity index (χ2v) is 11.6. The Balaban J connectivity index is 2.08. The molecule has 0 radical (unpaired) electrons. The van der Waals surface area contributed by atoms with Crippen LogP contribution in [0.25, 0.3) is 11.2 Å². The van der Waals surface area contributed by atoms with Crippen LogP contribution >= 0.6 is 7.44 Å². The number of carbonyl (C=O) groups is 2. The number of nitrogens with two attached hydrogens (primary N) is 1. The van der Waals surface area contributed by atoms with Crippen LogP contribution in [-0.4, -0.2) is 68.7 Å². The number of hydrogen-bond donors (Lipinski definition) is 3. The predicted octanol–water partition coefficient (Wildman–Crippen LogP) is 2.07. The Bertz CT molecular complexity index is 1080. The third-order valence-corrected chi connectivity index (χ3v) is 6.95. The lowest BCUT2D eigenvalue weighted by molar-refractivity contribution is -0.151. The van der Waals surface area contributed by atoms with E-state index >= 15 is 0 Å². The van der Waals surface area contributed by atoms with E-state index in [0.717, 1.165) is 0 Å². The molecule has 0 fully saturated rings. The first-order valence-electron chi connectivity index (χ1n) is 11.9. The number of carbonyl (C=O) groups excluding carboxylic acids is 2.